The van der Waals surface area contributed by atoms with Gasteiger partial charge in [0.25, 0.3) is 5.91 Å². The van der Waals surface area contributed by atoms with E-state index >= 15 is 0 Å². The first-order valence-corrected chi connectivity index (χ1v) is 10.4. The lowest BCUT2D eigenvalue weighted by molar-refractivity contribution is -0.141. The highest BCUT2D eigenvalue weighted by Gasteiger charge is 2.51. The Kier molecular flexibility index (Phi) is 5.84. The third-order valence-corrected chi connectivity index (χ3v) is 6.31. The molecule has 0 saturated carbocycles. The smallest absolute Gasteiger partial charge is 0.291 e. The maximum Gasteiger partial charge on any atom is 0.291 e. The highest BCUT2D eigenvalue weighted by atomic mass is 32.1. The fraction of sp³-hybridized carbons (Fsp3) is 0.381. The second-order valence-corrected chi connectivity index (χ2v) is 8.08. The third kappa shape index (κ3) is 4.01. The number of likely N-dealkylation sites (tertiary alicyclic amines) is 1. The van der Waals surface area contributed by atoms with Gasteiger partial charge in [-0.05, 0) is 29.1 Å². The molecule has 0 bridgehead atoms. The maximum absolute atomic E-state index is 13.5. The van der Waals surface area contributed by atoms with Gasteiger partial charge in [-0.15, -0.1) is 11.3 Å². The lowest BCUT2D eigenvalue weighted by atomic mass is 9.88. The molecule has 1 aromatic heterocycles. The van der Waals surface area contributed by atoms with E-state index < -0.39 is 29.5 Å². The molecule has 3 heterocycles. The summed E-state index contributed by atoms with van der Waals surface area (Å²) >= 11 is 1.24. The molecule has 8 heteroatoms. The lowest BCUT2D eigenvalue weighted by Gasteiger charge is -2.31. The number of thiophene rings is 1. The Morgan fingerprint density at radius 1 is 1.10 bits per heavy atom. The number of Topliss-reactive ketones (excluding diaryl/α,β-unsaturated/α-hetero) is 2. The van der Waals surface area contributed by atoms with Crippen molar-refractivity contribution in [2.24, 2.45) is 5.92 Å². The molecule has 0 spiro atoms. The average molecular weight is 416 g/mol. The fourth-order valence-corrected chi connectivity index (χ4v) is 4.61. The average Bonchev–Trinajstić information content (AvgIpc) is 3.36. The van der Waals surface area contributed by atoms with Crippen molar-refractivity contribution in [3.8, 4) is 0 Å². The van der Waals surface area contributed by atoms with Gasteiger partial charge in [0.1, 0.15) is 11.7 Å². The highest BCUT2D eigenvalue weighted by molar-refractivity contribution is 7.12. The van der Waals surface area contributed by atoms with Gasteiger partial charge in [-0.25, -0.2) is 4.39 Å². The minimum atomic E-state index is -1.11. The number of halogens is 1. The summed E-state index contributed by atoms with van der Waals surface area (Å²) in [5.74, 6) is -3.23. The fourth-order valence-electron chi connectivity index (χ4n) is 3.91. The Labute approximate surface area is 171 Å². The monoisotopic (exact) mass is 416 g/mol. The molecule has 4 rings (SSSR count). The van der Waals surface area contributed by atoms with Crippen molar-refractivity contribution in [1.82, 2.24) is 9.80 Å². The summed E-state index contributed by atoms with van der Waals surface area (Å²) in [6.07, 6.45) is 0. The molecule has 2 saturated heterocycles. The Hall–Kier alpha value is -2.42. The zero-order valence-electron chi connectivity index (χ0n) is 15.8. The first kappa shape index (κ1) is 19.9. The number of amides is 1. The Balaban J connectivity index is 1.64. The van der Waals surface area contributed by atoms with Gasteiger partial charge >= 0.3 is 0 Å². The number of rotatable bonds is 6. The highest BCUT2D eigenvalue weighted by Crippen LogP contribution is 2.38. The summed E-state index contributed by atoms with van der Waals surface area (Å²) < 4.78 is 18.8. The standard InChI is InChI=1S/C21H21FN2O4S/c22-15-5-3-14(4-6-15)18-17(19(25)16-2-1-13-29-16)20(26)21(27)24(18)8-7-23-9-11-28-12-10-23/h1-6,13,17-18H,7-12H2. The van der Waals surface area contributed by atoms with Crippen LogP contribution >= 0.6 is 11.3 Å². The van der Waals surface area contributed by atoms with E-state index in [9.17, 15) is 18.8 Å². The summed E-state index contributed by atoms with van der Waals surface area (Å²) in [5.41, 5.74) is 0.586. The van der Waals surface area contributed by atoms with Crippen molar-refractivity contribution >= 4 is 28.8 Å². The molecule has 6 nitrogen and oxygen atoms in total. The Morgan fingerprint density at radius 2 is 1.83 bits per heavy atom. The maximum atomic E-state index is 13.5. The van der Waals surface area contributed by atoms with Gasteiger partial charge in [-0.1, -0.05) is 18.2 Å². The van der Waals surface area contributed by atoms with E-state index in [1.54, 1.807) is 29.6 Å². The molecule has 2 atom stereocenters. The Morgan fingerprint density at radius 3 is 2.48 bits per heavy atom. The molecular weight excluding hydrogens is 395 g/mol. The molecule has 2 aromatic rings. The van der Waals surface area contributed by atoms with E-state index in [0.717, 1.165) is 13.1 Å². The van der Waals surface area contributed by atoms with E-state index in [1.165, 1.54) is 28.4 Å². The van der Waals surface area contributed by atoms with Crippen molar-refractivity contribution in [2.45, 2.75) is 6.04 Å². The summed E-state index contributed by atoms with van der Waals surface area (Å²) in [5, 5.41) is 1.76. The number of hydrogen-bond acceptors (Lipinski definition) is 6. The molecule has 2 aliphatic heterocycles. The predicted octanol–water partition coefficient (Wildman–Crippen LogP) is 2.17. The molecular formula is C21H21FN2O4S. The van der Waals surface area contributed by atoms with E-state index in [1.807, 2.05) is 0 Å². The molecule has 0 N–H and O–H groups in total. The van der Waals surface area contributed by atoms with Crippen LogP contribution in [0, 0.1) is 11.7 Å². The first-order valence-electron chi connectivity index (χ1n) is 9.54. The number of nitrogens with zero attached hydrogens (tertiary/aromatic N) is 2. The summed E-state index contributed by atoms with van der Waals surface area (Å²) in [7, 11) is 0. The Bertz CT molecular complexity index is 894. The first-order chi connectivity index (χ1) is 14.1. The molecule has 2 fully saturated rings. The molecule has 29 heavy (non-hydrogen) atoms. The minimum Gasteiger partial charge on any atom is -0.379 e. The summed E-state index contributed by atoms with van der Waals surface area (Å²) in [4.78, 5) is 42.8. The van der Waals surface area contributed by atoms with Crippen LogP contribution < -0.4 is 0 Å². The van der Waals surface area contributed by atoms with Crippen LogP contribution in [0.2, 0.25) is 0 Å². The van der Waals surface area contributed by atoms with Gasteiger partial charge in [-0.2, -0.15) is 0 Å². The number of hydrogen-bond donors (Lipinski definition) is 0. The molecule has 0 radical (unpaired) electrons. The van der Waals surface area contributed by atoms with Crippen LogP contribution in [0.15, 0.2) is 41.8 Å². The van der Waals surface area contributed by atoms with Crippen LogP contribution in [0.3, 0.4) is 0 Å². The number of carbonyl (C=O) groups is 3. The number of ketones is 2. The van der Waals surface area contributed by atoms with Gasteiger partial charge in [0.15, 0.2) is 5.78 Å². The number of carbonyl (C=O) groups excluding carboxylic acids is 3. The number of ether oxygens (including phenoxy) is 1. The van der Waals surface area contributed by atoms with Gasteiger partial charge in [0.2, 0.25) is 5.78 Å². The van der Waals surface area contributed by atoms with Crippen LogP contribution in [0.25, 0.3) is 0 Å². The van der Waals surface area contributed by atoms with Crippen LogP contribution in [0.1, 0.15) is 21.3 Å². The molecule has 1 aromatic carbocycles. The quantitative estimate of drug-likeness (QED) is 0.410. The van der Waals surface area contributed by atoms with Crippen molar-refractivity contribution in [3.63, 3.8) is 0 Å². The molecule has 2 aliphatic rings. The van der Waals surface area contributed by atoms with Crippen molar-refractivity contribution in [2.75, 3.05) is 39.4 Å². The van der Waals surface area contributed by atoms with Crippen molar-refractivity contribution in [3.05, 3.63) is 58.0 Å². The summed E-state index contributed by atoms with van der Waals surface area (Å²) in [6.45, 7) is 3.69. The normalized spacial score (nSPS) is 23.0. The van der Waals surface area contributed by atoms with E-state index in [2.05, 4.69) is 4.90 Å². The molecule has 152 valence electrons. The van der Waals surface area contributed by atoms with Crippen LogP contribution in [-0.4, -0.2) is 66.7 Å². The van der Waals surface area contributed by atoms with E-state index in [0.29, 0.717) is 36.7 Å². The van der Waals surface area contributed by atoms with Crippen molar-refractivity contribution < 1.29 is 23.5 Å². The molecule has 1 amide bonds. The van der Waals surface area contributed by atoms with Gasteiger partial charge in [0.05, 0.1) is 24.1 Å². The van der Waals surface area contributed by atoms with Gasteiger partial charge in [-0.3, -0.25) is 19.3 Å². The predicted molar refractivity (Wildman–Crippen MR) is 105 cm³/mol. The minimum absolute atomic E-state index is 0.320. The topological polar surface area (TPSA) is 66.9 Å². The SMILES string of the molecule is O=C1C(=O)N(CCN2CCOCC2)C(c2ccc(F)cc2)C1C(=O)c1cccs1. The van der Waals surface area contributed by atoms with Crippen LogP contribution in [-0.2, 0) is 14.3 Å². The van der Waals surface area contributed by atoms with Gasteiger partial charge < -0.3 is 9.64 Å². The lowest BCUT2D eigenvalue weighted by Crippen LogP contribution is -2.42. The van der Waals surface area contributed by atoms with Crippen LogP contribution in [0.5, 0.6) is 0 Å². The second kappa shape index (κ2) is 8.52. The van der Waals surface area contributed by atoms with Crippen LogP contribution in [0.4, 0.5) is 4.39 Å². The van der Waals surface area contributed by atoms with Gasteiger partial charge in [0, 0.05) is 26.2 Å². The number of morpholine rings is 1. The molecule has 2 unspecified atom stereocenters. The third-order valence-electron chi connectivity index (χ3n) is 5.42. The summed E-state index contributed by atoms with van der Waals surface area (Å²) in [6, 6.07) is 8.33. The van der Waals surface area contributed by atoms with E-state index in [-0.39, 0.29) is 5.78 Å². The van der Waals surface area contributed by atoms with Crippen molar-refractivity contribution in [1.29, 1.82) is 0 Å². The largest absolute Gasteiger partial charge is 0.379 e. The van der Waals surface area contributed by atoms with E-state index in [4.69, 9.17) is 4.74 Å². The number of benzene rings is 1. The zero-order valence-corrected chi connectivity index (χ0v) is 16.6. The zero-order chi connectivity index (χ0) is 20.4. The second-order valence-electron chi connectivity index (χ2n) is 7.13. The molecule has 0 aliphatic carbocycles.